The fourth-order valence-electron chi connectivity index (χ4n) is 2.37. The van der Waals surface area contributed by atoms with Crippen LogP contribution in [-0.4, -0.2) is 30.4 Å². The second-order valence-corrected chi connectivity index (χ2v) is 5.46. The monoisotopic (exact) mass is 268 g/mol. The first-order valence-corrected chi connectivity index (χ1v) is 6.36. The van der Waals surface area contributed by atoms with E-state index in [4.69, 9.17) is 5.73 Å². The Labute approximate surface area is 111 Å². The zero-order valence-electron chi connectivity index (χ0n) is 11.0. The molecule has 19 heavy (non-hydrogen) atoms. The maximum absolute atomic E-state index is 13.5. The molecular weight excluding hydrogens is 250 g/mol. The molecule has 5 heteroatoms. The van der Waals surface area contributed by atoms with Gasteiger partial charge in [-0.3, -0.25) is 4.79 Å². The molecule has 0 aliphatic carbocycles. The molecule has 2 N–H and O–H groups in total. The van der Waals surface area contributed by atoms with Gasteiger partial charge in [0.25, 0.3) is 0 Å². The van der Waals surface area contributed by atoms with Gasteiger partial charge < -0.3 is 10.6 Å². The molecule has 1 aliphatic heterocycles. The Morgan fingerprint density at radius 1 is 1.42 bits per heavy atom. The Morgan fingerprint density at radius 2 is 2.05 bits per heavy atom. The topological polar surface area (TPSA) is 46.3 Å². The van der Waals surface area contributed by atoms with Crippen molar-refractivity contribution in [3.8, 4) is 0 Å². The molecule has 0 spiro atoms. The van der Waals surface area contributed by atoms with Crippen LogP contribution in [0.1, 0.15) is 18.9 Å². The largest absolute Gasteiger partial charge is 0.342 e. The standard InChI is InChI=1S/C14H18F2N2O/c1-14(8-17)5-6-18(9-14)13(19)7-10-11(15)3-2-4-12(10)16/h2-4H,5-9,17H2,1H3. The summed E-state index contributed by atoms with van der Waals surface area (Å²) in [5.41, 5.74) is 5.43. The van der Waals surface area contributed by atoms with Gasteiger partial charge >= 0.3 is 0 Å². The zero-order valence-corrected chi connectivity index (χ0v) is 11.0. The van der Waals surface area contributed by atoms with Gasteiger partial charge in [-0.1, -0.05) is 13.0 Å². The van der Waals surface area contributed by atoms with Crippen molar-refractivity contribution in [2.75, 3.05) is 19.6 Å². The van der Waals surface area contributed by atoms with Crippen LogP contribution in [0.4, 0.5) is 8.78 Å². The van der Waals surface area contributed by atoms with E-state index in [1.54, 1.807) is 4.90 Å². The fourth-order valence-corrected chi connectivity index (χ4v) is 2.37. The summed E-state index contributed by atoms with van der Waals surface area (Å²) >= 11 is 0. The summed E-state index contributed by atoms with van der Waals surface area (Å²) < 4.78 is 27.0. The third-order valence-corrected chi connectivity index (χ3v) is 3.79. The molecule has 0 saturated carbocycles. The van der Waals surface area contributed by atoms with Gasteiger partial charge in [-0.05, 0) is 30.5 Å². The lowest BCUT2D eigenvalue weighted by molar-refractivity contribution is -0.129. The number of carbonyl (C=O) groups excluding carboxylic acids is 1. The molecule has 1 aromatic carbocycles. The predicted octanol–water partition coefficient (Wildman–Crippen LogP) is 1.70. The lowest BCUT2D eigenvalue weighted by Gasteiger charge is -2.22. The molecule has 0 radical (unpaired) electrons. The van der Waals surface area contributed by atoms with E-state index in [-0.39, 0.29) is 23.3 Å². The van der Waals surface area contributed by atoms with Gasteiger partial charge in [0.2, 0.25) is 5.91 Å². The molecule has 1 aromatic rings. The van der Waals surface area contributed by atoms with Crippen molar-refractivity contribution in [2.24, 2.45) is 11.1 Å². The quantitative estimate of drug-likeness (QED) is 0.907. The SMILES string of the molecule is CC1(CN)CCN(C(=O)Cc2c(F)cccc2F)C1. The fraction of sp³-hybridized carbons (Fsp3) is 0.500. The summed E-state index contributed by atoms with van der Waals surface area (Å²) in [6, 6.07) is 3.62. The Bertz CT molecular complexity index is 472. The first-order chi connectivity index (χ1) is 8.95. The third kappa shape index (κ3) is 2.92. The van der Waals surface area contributed by atoms with E-state index in [9.17, 15) is 13.6 Å². The number of likely N-dealkylation sites (tertiary alicyclic amines) is 1. The van der Waals surface area contributed by atoms with Crippen molar-refractivity contribution in [3.63, 3.8) is 0 Å². The molecule has 1 atom stereocenters. The first-order valence-electron chi connectivity index (χ1n) is 6.36. The maximum Gasteiger partial charge on any atom is 0.227 e. The molecule has 1 heterocycles. The Hall–Kier alpha value is -1.49. The van der Waals surface area contributed by atoms with Crippen LogP contribution in [0, 0.1) is 17.0 Å². The molecule has 0 aromatic heterocycles. The van der Waals surface area contributed by atoms with Crippen LogP contribution < -0.4 is 5.73 Å². The van der Waals surface area contributed by atoms with Crippen molar-refractivity contribution in [1.82, 2.24) is 4.90 Å². The van der Waals surface area contributed by atoms with E-state index < -0.39 is 11.6 Å². The van der Waals surface area contributed by atoms with Gasteiger partial charge in [0.1, 0.15) is 11.6 Å². The molecule has 2 rings (SSSR count). The van der Waals surface area contributed by atoms with Crippen LogP contribution in [0.3, 0.4) is 0 Å². The predicted molar refractivity (Wildman–Crippen MR) is 68.4 cm³/mol. The second kappa shape index (κ2) is 5.25. The summed E-state index contributed by atoms with van der Waals surface area (Å²) in [4.78, 5) is 13.7. The number of amides is 1. The molecule has 1 unspecified atom stereocenters. The lowest BCUT2D eigenvalue weighted by Crippen LogP contribution is -2.35. The van der Waals surface area contributed by atoms with Crippen LogP contribution in [-0.2, 0) is 11.2 Å². The van der Waals surface area contributed by atoms with E-state index in [1.165, 1.54) is 18.2 Å². The maximum atomic E-state index is 13.5. The number of nitrogens with zero attached hydrogens (tertiary/aromatic N) is 1. The van der Waals surface area contributed by atoms with Crippen molar-refractivity contribution in [1.29, 1.82) is 0 Å². The van der Waals surface area contributed by atoms with Crippen molar-refractivity contribution in [3.05, 3.63) is 35.4 Å². The number of hydrogen-bond acceptors (Lipinski definition) is 2. The van der Waals surface area contributed by atoms with E-state index in [2.05, 4.69) is 0 Å². The van der Waals surface area contributed by atoms with Crippen molar-refractivity contribution in [2.45, 2.75) is 19.8 Å². The summed E-state index contributed by atoms with van der Waals surface area (Å²) in [7, 11) is 0. The highest BCUT2D eigenvalue weighted by Crippen LogP contribution is 2.29. The molecule has 3 nitrogen and oxygen atoms in total. The second-order valence-electron chi connectivity index (χ2n) is 5.46. The lowest BCUT2D eigenvalue weighted by atomic mass is 9.90. The van der Waals surface area contributed by atoms with Gasteiger partial charge in [-0.25, -0.2) is 8.78 Å². The first kappa shape index (κ1) is 13.9. The number of benzene rings is 1. The van der Waals surface area contributed by atoms with E-state index in [1.807, 2.05) is 6.92 Å². The highest BCUT2D eigenvalue weighted by atomic mass is 19.1. The summed E-state index contributed by atoms with van der Waals surface area (Å²) in [6.07, 6.45) is 0.591. The Morgan fingerprint density at radius 3 is 2.58 bits per heavy atom. The third-order valence-electron chi connectivity index (χ3n) is 3.79. The summed E-state index contributed by atoms with van der Waals surface area (Å²) in [6.45, 7) is 3.68. The van der Waals surface area contributed by atoms with Crippen LogP contribution in [0.25, 0.3) is 0 Å². The molecule has 1 amide bonds. The minimum Gasteiger partial charge on any atom is -0.342 e. The highest BCUT2D eigenvalue weighted by Gasteiger charge is 2.35. The number of hydrogen-bond donors (Lipinski definition) is 1. The molecule has 0 bridgehead atoms. The van der Waals surface area contributed by atoms with E-state index in [0.717, 1.165) is 6.42 Å². The molecule has 1 fully saturated rings. The van der Waals surface area contributed by atoms with Crippen LogP contribution in [0.5, 0.6) is 0 Å². The Balaban J connectivity index is 2.07. The number of halogens is 2. The summed E-state index contributed by atoms with van der Waals surface area (Å²) in [5.74, 6) is -1.59. The highest BCUT2D eigenvalue weighted by molar-refractivity contribution is 5.79. The van der Waals surface area contributed by atoms with Crippen molar-refractivity contribution >= 4 is 5.91 Å². The minimum atomic E-state index is -0.672. The number of nitrogens with two attached hydrogens (primary N) is 1. The molecular formula is C14H18F2N2O. The van der Waals surface area contributed by atoms with Gasteiger partial charge in [-0.15, -0.1) is 0 Å². The molecule has 1 aliphatic rings. The number of rotatable bonds is 3. The summed E-state index contributed by atoms with van der Waals surface area (Å²) in [5, 5.41) is 0. The average molecular weight is 268 g/mol. The Kier molecular flexibility index (Phi) is 3.85. The van der Waals surface area contributed by atoms with E-state index >= 15 is 0 Å². The van der Waals surface area contributed by atoms with Gasteiger partial charge in [-0.2, -0.15) is 0 Å². The van der Waals surface area contributed by atoms with Gasteiger partial charge in [0.05, 0.1) is 6.42 Å². The normalized spacial score (nSPS) is 22.8. The minimum absolute atomic E-state index is 0.0799. The van der Waals surface area contributed by atoms with Gasteiger partial charge in [0, 0.05) is 18.7 Å². The van der Waals surface area contributed by atoms with Gasteiger partial charge in [0.15, 0.2) is 0 Å². The van der Waals surface area contributed by atoms with E-state index in [0.29, 0.717) is 19.6 Å². The molecule has 104 valence electrons. The van der Waals surface area contributed by atoms with Crippen LogP contribution in [0.15, 0.2) is 18.2 Å². The smallest absolute Gasteiger partial charge is 0.227 e. The number of carbonyl (C=O) groups is 1. The van der Waals surface area contributed by atoms with Crippen LogP contribution >= 0.6 is 0 Å². The van der Waals surface area contributed by atoms with Crippen LogP contribution in [0.2, 0.25) is 0 Å². The van der Waals surface area contributed by atoms with Crippen molar-refractivity contribution < 1.29 is 13.6 Å². The zero-order chi connectivity index (χ0) is 14.0. The average Bonchev–Trinajstić information content (AvgIpc) is 2.77. The molecule has 1 saturated heterocycles.